The van der Waals surface area contributed by atoms with Gasteiger partial charge in [-0.25, -0.2) is 0 Å². The van der Waals surface area contributed by atoms with Crippen LogP contribution < -0.4 is 5.32 Å². The molecule has 0 amide bonds. The number of hydrogen-bond donors (Lipinski definition) is 1. The van der Waals surface area contributed by atoms with E-state index in [1.165, 1.54) is 27.6 Å². The molecule has 0 atom stereocenters. The first-order chi connectivity index (χ1) is 9.75. The van der Waals surface area contributed by atoms with Crippen LogP contribution in [0, 0.1) is 6.92 Å². The van der Waals surface area contributed by atoms with E-state index in [0.717, 1.165) is 13.1 Å². The van der Waals surface area contributed by atoms with Crippen molar-refractivity contribution >= 4 is 10.9 Å². The molecule has 0 bridgehead atoms. The third-order valence-electron chi connectivity index (χ3n) is 3.87. The van der Waals surface area contributed by atoms with E-state index >= 15 is 0 Å². The fourth-order valence-electron chi connectivity index (χ4n) is 2.71. The van der Waals surface area contributed by atoms with Gasteiger partial charge in [0.05, 0.1) is 0 Å². The van der Waals surface area contributed by atoms with Crippen molar-refractivity contribution in [1.82, 2.24) is 9.88 Å². The number of benzene rings is 2. The maximum absolute atomic E-state index is 3.55. The Morgan fingerprint density at radius 2 is 1.60 bits per heavy atom. The Bertz CT molecular complexity index is 725. The number of hydrogen-bond acceptors (Lipinski definition) is 1. The van der Waals surface area contributed by atoms with Crippen LogP contribution >= 0.6 is 0 Å². The summed E-state index contributed by atoms with van der Waals surface area (Å²) >= 11 is 0. The first-order valence-corrected chi connectivity index (χ1v) is 7.04. The lowest BCUT2D eigenvalue weighted by molar-refractivity contribution is 0.691. The van der Waals surface area contributed by atoms with Crippen molar-refractivity contribution in [2.24, 2.45) is 7.05 Å². The molecular formula is C18H20N2. The molecule has 3 aromatic rings. The molecule has 102 valence electrons. The smallest absolute Gasteiger partial charge is 0.0481 e. The second-order valence-corrected chi connectivity index (χ2v) is 5.31. The van der Waals surface area contributed by atoms with Gasteiger partial charge in [0.2, 0.25) is 0 Å². The summed E-state index contributed by atoms with van der Waals surface area (Å²) in [6, 6.07) is 17.1. The lowest BCUT2D eigenvalue weighted by Crippen LogP contribution is -2.13. The van der Waals surface area contributed by atoms with Crippen molar-refractivity contribution in [2.75, 3.05) is 0 Å². The van der Waals surface area contributed by atoms with E-state index in [9.17, 15) is 0 Å². The van der Waals surface area contributed by atoms with Gasteiger partial charge in [0, 0.05) is 37.2 Å². The molecule has 3 rings (SSSR count). The van der Waals surface area contributed by atoms with Gasteiger partial charge in [-0.3, -0.25) is 0 Å². The summed E-state index contributed by atoms with van der Waals surface area (Å²) in [6.45, 7) is 3.97. The zero-order chi connectivity index (χ0) is 13.9. The summed E-state index contributed by atoms with van der Waals surface area (Å²) in [5.74, 6) is 0. The standard InChI is InChI=1S/C18H20N2/c1-14-7-3-4-8-15(14)11-19-12-16-13-20(2)18-10-6-5-9-17(16)18/h3-10,13,19H,11-12H2,1-2H3. The predicted molar refractivity (Wildman–Crippen MR) is 84.6 cm³/mol. The number of nitrogens with one attached hydrogen (secondary N) is 1. The quantitative estimate of drug-likeness (QED) is 0.759. The van der Waals surface area contributed by atoms with Crippen molar-refractivity contribution in [3.8, 4) is 0 Å². The van der Waals surface area contributed by atoms with E-state index in [1.54, 1.807) is 0 Å². The van der Waals surface area contributed by atoms with Crippen LogP contribution in [0.4, 0.5) is 0 Å². The Kier molecular flexibility index (Phi) is 3.57. The predicted octanol–water partition coefficient (Wildman–Crippen LogP) is 3.78. The van der Waals surface area contributed by atoms with Gasteiger partial charge in [-0.15, -0.1) is 0 Å². The second kappa shape index (κ2) is 5.51. The summed E-state index contributed by atoms with van der Waals surface area (Å²) in [5, 5.41) is 4.89. The van der Waals surface area contributed by atoms with Gasteiger partial charge in [-0.05, 0) is 29.7 Å². The molecule has 0 aliphatic heterocycles. The fraction of sp³-hybridized carbons (Fsp3) is 0.222. The molecule has 0 fully saturated rings. The number of aromatic nitrogens is 1. The van der Waals surface area contributed by atoms with Crippen molar-refractivity contribution in [2.45, 2.75) is 20.0 Å². The Morgan fingerprint density at radius 1 is 0.900 bits per heavy atom. The maximum Gasteiger partial charge on any atom is 0.0481 e. The fourth-order valence-corrected chi connectivity index (χ4v) is 2.71. The van der Waals surface area contributed by atoms with E-state index < -0.39 is 0 Å². The van der Waals surface area contributed by atoms with Crippen molar-refractivity contribution < 1.29 is 0 Å². The minimum absolute atomic E-state index is 0.898. The highest BCUT2D eigenvalue weighted by Crippen LogP contribution is 2.20. The largest absolute Gasteiger partial charge is 0.350 e. The van der Waals surface area contributed by atoms with E-state index in [1.807, 2.05) is 0 Å². The third kappa shape index (κ3) is 2.47. The molecule has 0 radical (unpaired) electrons. The van der Waals surface area contributed by atoms with Crippen LogP contribution in [-0.4, -0.2) is 4.57 Å². The third-order valence-corrected chi connectivity index (χ3v) is 3.87. The zero-order valence-corrected chi connectivity index (χ0v) is 12.1. The molecule has 0 unspecified atom stereocenters. The molecule has 0 aliphatic rings. The minimum Gasteiger partial charge on any atom is -0.350 e. The lowest BCUT2D eigenvalue weighted by atomic mass is 10.1. The minimum atomic E-state index is 0.898. The first kappa shape index (κ1) is 12.9. The molecule has 0 spiro atoms. The molecule has 1 N–H and O–H groups in total. The van der Waals surface area contributed by atoms with Crippen LogP contribution in [0.1, 0.15) is 16.7 Å². The number of aryl methyl sites for hydroxylation is 2. The van der Waals surface area contributed by atoms with E-state index in [2.05, 4.69) is 78.6 Å². The van der Waals surface area contributed by atoms with Crippen LogP contribution in [0.15, 0.2) is 54.7 Å². The Morgan fingerprint density at radius 3 is 2.45 bits per heavy atom. The van der Waals surface area contributed by atoms with Crippen molar-refractivity contribution in [3.63, 3.8) is 0 Å². The summed E-state index contributed by atoms with van der Waals surface area (Å²) in [6.07, 6.45) is 2.22. The lowest BCUT2D eigenvalue weighted by Gasteiger charge is -2.07. The average Bonchev–Trinajstić information content (AvgIpc) is 2.78. The highest BCUT2D eigenvalue weighted by molar-refractivity contribution is 5.83. The summed E-state index contributed by atoms with van der Waals surface area (Å²) < 4.78 is 2.19. The summed E-state index contributed by atoms with van der Waals surface area (Å²) in [4.78, 5) is 0. The number of nitrogens with zero attached hydrogens (tertiary/aromatic N) is 1. The van der Waals surface area contributed by atoms with Gasteiger partial charge in [0.25, 0.3) is 0 Å². The summed E-state index contributed by atoms with van der Waals surface area (Å²) in [7, 11) is 2.10. The van der Waals surface area contributed by atoms with Crippen molar-refractivity contribution in [3.05, 3.63) is 71.4 Å². The Hall–Kier alpha value is -2.06. The monoisotopic (exact) mass is 264 g/mol. The summed E-state index contributed by atoms with van der Waals surface area (Å²) in [5.41, 5.74) is 5.36. The van der Waals surface area contributed by atoms with Crippen LogP contribution in [-0.2, 0) is 20.1 Å². The molecule has 1 aromatic heterocycles. The van der Waals surface area contributed by atoms with E-state index in [4.69, 9.17) is 0 Å². The van der Waals surface area contributed by atoms with Crippen LogP contribution in [0.3, 0.4) is 0 Å². The van der Waals surface area contributed by atoms with Gasteiger partial charge in [0.15, 0.2) is 0 Å². The van der Waals surface area contributed by atoms with E-state index in [0.29, 0.717) is 0 Å². The molecule has 20 heavy (non-hydrogen) atoms. The number of fused-ring (bicyclic) bond motifs is 1. The highest BCUT2D eigenvalue weighted by Gasteiger charge is 2.05. The molecule has 2 heteroatoms. The second-order valence-electron chi connectivity index (χ2n) is 5.31. The molecular weight excluding hydrogens is 244 g/mol. The van der Waals surface area contributed by atoms with Gasteiger partial charge in [-0.1, -0.05) is 42.5 Å². The van der Waals surface area contributed by atoms with Crippen molar-refractivity contribution in [1.29, 1.82) is 0 Å². The maximum atomic E-state index is 3.55. The Labute approximate surface area is 120 Å². The topological polar surface area (TPSA) is 17.0 Å². The average molecular weight is 264 g/mol. The highest BCUT2D eigenvalue weighted by atomic mass is 14.9. The molecule has 0 saturated heterocycles. The molecule has 2 aromatic carbocycles. The van der Waals surface area contributed by atoms with Crippen LogP contribution in [0.2, 0.25) is 0 Å². The first-order valence-electron chi connectivity index (χ1n) is 7.04. The zero-order valence-electron chi connectivity index (χ0n) is 12.1. The number of rotatable bonds is 4. The van der Waals surface area contributed by atoms with Crippen LogP contribution in [0.25, 0.3) is 10.9 Å². The molecule has 0 aliphatic carbocycles. The normalized spacial score (nSPS) is 11.1. The Balaban J connectivity index is 1.73. The van der Waals surface area contributed by atoms with Gasteiger partial charge in [-0.2, -0.15) is 0 Å². The number of para-hydroxylation sites is 1. The van der Waals surface area contributed by atoms with E-state index in [-0.39, 0.29) is 0 Å². The SMILES string of the molecule is Cc1ccccc1CNCc1cn(C)c2ccccc12. The molecule has 1 heterocycles. The van der Waals surface area contributed by atoms with Crippen LogP contribution in [0.5, 0.6) is 0 Å². The molecule has 0 saturated carbocycles. The van der Waals surface area contributed by atoms with Gasteiger partial charge >= 0.3 is 0 Å². The van der Waals surface area contributed by atoms with Gasteiger partial charge in [0.1, 0.15) is 0 Å². The molecule has 2 nitrogen and oxygen atoms in total. The van der Waals surface area contributed by atoms with Gasteiger partial charge < -0.3 is 9.88 Å².